The van der Waals surface area contributed by atoms with Gasteiger partial charge in [-0.1, -0.05) is 24.3 Å². The number of alkyl halides is 3. The van der Waals surface area contributed by atoms with Crippen molar-refractivity contribution in [2.75, 3.05) is 26.4 Å². The van der Waals surface area contributed by atoms with Crippen molar-refractivity contribution in [2.45, 2.75) is 31.5 Å². The van der Waals surface area contributed by atoms with Crippen molar-refractivity contribution in [1.29, 1.82) is 0 Å². The lowest BCUT2D eigenvalue weighted by molar-refractivity contribution is -0.152. The third-order valence-corrected chi connectivity index (χ3v) is 5.48. The molecule has 170 valence electrons. The zero-order valence-corrected chi connectivity index (χ0v) is 17.2. The number of benzene rings is 2. The first-order chi connectivity index (χ1) is 15.3. The van der Waals surface area contributed by atoms with Gasteiger partial charge in [-0.25, -0.2) is 0 Å². The number of halogens is 3. The fourth-order valence-electron chi connectivity index (χ4n) is 3.98. The maximum Gasteiger partial charge on any atom is 0.416 e. The van der Waals surface area contributed by atoms with Gasteiger partial charge in [-0.15, -0.1) is 0 Å². The Balaban J connectivity index is 1.35. The van der Waals surface area contributed by atoms with Crippen LogP contribution in [0.25, 0.3) is 0 Å². The first-order valence-corrected chi connectivity index (χ1v) is 10.3. The summed E-state index contributed by atoms with van der Waals surface area (Å²) in [6.45, 7) is 1.03. The summed E-state index contributed by atoms with van der Waals surface area (Å²) in [6, 6.07) is 9.90. The molecule has 0 N–H and O–H groups in total. The zero-order valence-electron chi connectivity index (χ0n) is 17.2. The number of hydrogen-bond donors (Lipinski definition) is 0. The first kappa shape index (κ1) is 22.0. The molecule has 1 saturated heterocycles. The van der Waals surface area contributed by atoms with Crippen LogP contribution in [-0.2, 0) is 26.9 Å². The van der Waals surface area contributed by atoms with Crippen molar-refractivity contribution in [3.05, 3.63) is 59.2 Å². The van der Waals surface area contributed by atoms with E-state index in [1.54, 1.807) is 4.90 Å². The molecule has 2 aliphatic rings. The molecule has 4 rings (SSSR count). The average Bonchev–Trinajstić information content (AvgIpc) is 3.27. The van der Waals surface area contributed by atoms with E-state index in [2.05, 4.69) is 0 Å². The Bertz CT molecular complexity index is 1010. The minimum absolute atomic E-state index is 0.166. The standard InChI is InChI=1S/C23H22F3NO5/c24-23(25,26)17-4-1-3-15(11-17)12-22(29)32-14-21(28)27-8-2-5-18(27)16-6-7-19-20(13-16)31-10-9-30-19/h1,3-4,6-7,11,13,18H,2,5,8-10,12,14H2. The second-order valence-electron chi connectivity index (χ2n) is 7.68. The van der Waals surface area contributed by atoms with E-state index in [4.69, 9.17) is 14.2 Å². The third-order valence-electron chi connectivity index (χ3n) is 5.48. The van der Waals surface area contributed by atoms with Crippen LogP contribution in [0.2, 0.25) is 0 Å². The molecular formula is C23H22F3NO5. The van der Waals surface area contributed by atoms with Crippen molar-refractivity contribution in [1.82, 2.24) is 4.90 Å². The Kier molecular flexibility index (Phi) is 6.25. The van der Waals surface area contributed by atoms with Gasteiger partial charge in [0.1, 0.15) is 13.2 Å². The molecule has 1 atom stereocenters. The van der Waals surface area contributed by atoms with Crippen LogP contribution in [-0.4, -0.2) is 43.1 Å². The Morgan fingerprint density at radius 2 is 1.84 bits per heavy atom. The normalized spacial score (nSPS) is 17.8. The molecule has 32 heavy (non-hydrogen) atoms. The fraction of sp³-hybridized carbons (Fsp3) is 0.391. The highest BCUT2D eigenvalue weighted by molar-refractivity contribution is 5.82. The Morgan fingerprint density at radius 3 is 2.62 bits per heavy atom. The molecule has 2 aromatic carbocycles. The monoisotopic (exact) mass is 449 g/mol. The molecule has 6 nitrogen and oxygen atoms in total. The summed E-state index contributed by atoms with van der Waals surface area (Å²) < 4.78 is 54.7. The summed E-state index contributed by atoms with van der Waals surface area (Å²) in [4.78, 5) is 26.5. The molecule has 0 spiro atoms. The lowest BCUT2D eigenvalue weighted by atomic mass is 10.0. The molecule has 2 aromatic rings. The van der Waals surface area contributed by atoms with Gasteiger partial charge in [0.2, 0.25) is 0 Å². The molecule has 0 aromatic heterocycles. The molecule has 1 amide bonds. The van der Waals surface area contributed by atoms with Crippen LogP contribution in [0.1, 0.15) is 35.6 Å². The van der Waals surface area contributed by atoms with Crippen molar-refractivity contribution < 1.29 is 37.0 Å². The van der Waals surface area contributed by atoms with E-state index in [0.717, 1.165) is 30.5 Å². The highest BCUT2D eigenvalue weighted by Gasteiger charge is 2.32. The second kappa shape index (κ2) is 9.10. The van der Waals surface area contributed by atoms with Crippen LogP contribution >= 0.6 is 0 Å². The quantitative estimate of drug-likeness (QED) is 0.648. The summed E-state index contributed by atoms with van der Waals surface area (Å²) >= 11 is 0. The van der Waals surface area contributed by atoms with Gasteiger partial charge >= 0.3 is 12.1 Å². The zero-order chi connectivity index (χ0) is 22.7. The van der Waals surface area contributed by atoms with Gasteiger partial charge in [-0.2, -0.15) is 13.2 Å². The highest BCUT2D eigenvalue weighted by atomic mass is 19.4. The van der Waals surface area contributed by atoms with Crippen LogP contribution < -0.4 is 9.47 Å². The lowest BCUT2D eigenvalue weighted by Gasteiger charge is -2.26. The highest BCUT2D eigenvalue weighted by Crippen LogP contribution is 2.38. The van der Waals surface area contributed by atoms with Gasteiger partial charge in [0.15, 0.2) is 18.1 Å². The summed E-state index contributed by atoms with van der Waals surface area (Å²) in [5.74, 6) is 0.201. The number of rotatable bonds is 5. The molecule has 0 radical (unpaired) electrons. The van der Waals surface area contributed by atoms with E-state index in [1.807, 2.05) is 18.2 Å². The Hall–Kier alpha value is -3.23. The van der Waals surface area contributed by atoms with Crippen LogP contribution in [0, 0.1) is 0 Å². The average molecular weight is 449 g/mol. The second-order valence-corrected chi connectivity index (χ2v) is 7.68. The van der Waals surface area contributed by atoms with E-state index in [9.17, 15) is 22.8 Å². The number of fused-ring (bicyclic) bond motifs is 1. The summed E-state index contributed by atoms with van der Waals surface area (Å²) in [6.07, 6.45) is -3.26. The van der Waals surface area contributed by atoms with E-state index < -0.39 is 24.3 Å². The topological polar surface area (TPSA) is 65.1 Å². The number of likely N-dealkylation sites (tertiary alicyclic amines) is 1. The molecule has 0 aliphatic carbocycles. The number of ether oxygens (including phenoxy) is 3. The number of nitrogens with zero attached hydrogens (tertiary/aromatic N) is 1. The molecule has 9 heteroatoms. The van der Waals surface area contributed by atoms with Gasteiger partial charge in [0.05, 0.1) is 18.0 Å². The number of amides is 1. The van der Waals surface area contributed by atoms with Crippen LogP contribution in [0.15, 0.2) is 42.5 Å². The van der Waals surface area contributed by atoms with Gasteiger partial charge in [0.25, 0.3) is 5.91 Å². The third kappa shape index (κ3) is 4.98. The largest absolute Gasteiger partial charge is 0.486 e. The van der Waals surface area contributed by atoms with Crippen molar-refractivity contribution >= 4 is 11.9 Å². The summed E-state index contributed by atoms with van der Waals surface area (Å²) in [5, 5.41) is 0. The van der Waals surface area contributed by atoms with E-state index >= 15 is 0 Å². The Morgan fingerprint density at radius 1 is 1.06 bits per heavy atom. The molecular weight excluding hydrogens is 427 g/mol. The molecule has 2 heterocycles. The number of hydrogen-bond acceptors (Lipinski definition) is 5. The minimum atomic E-state index is -4.49. The van der Waals surface area contributed by atoms with Crippen molar-refractivity contribution in [3.63, 3.8) is 0 Å². The van der Waals surface area contributed by atoms with E-state index in [-0.39, 0.29) is 23.9 Å². The van der Waals surface area contributed by atoms with Gasteiger partial charge in [-0.05, 0) is 42.2 Å². The fourth-order valence-corrected chi connectivity index (χ4v) is 3.98. The van der Waals surface area contributed by atoms with Gasteiger partial charge in [0, 0.05) is 6.54 Å². The number of esters is 1. The van der Waals surface area contributed by atoms with Crippen molar-refractivity contribution in [3.8, 4) is 11.5 Å². The summed E-state index contributed by atoms with van der Waals surface area (Å²) in [5.41, 5.74) is 0.251. The smallest absolute Gasteiger partial charge is 0.416 e. The predicted octanol–water partition coefficient (Wildman–Crippen LogP) is 3.93. The predicted molar refractivity (Wildman–Crippen MR) is 107 cm³/mol. The van der Waals surface area contributed by atoms with Gasteiger partial charge < -0.3 is 19.1 Å². The van der Waals surface area contributed by atoms with E-state index in [1.165, 1.54) is 12.1 Å². The maximum absolute atomic E-state index is 12.8. The number of carbonyl (C=O) groups is 2. The molecule has 1 unspecified atom stereocenters. The molecule has 2 aliphatic heterocycles. The maximum atomic E-state index is 12.8. The molecule has 1 fully saturated rings. The molecule has 0 saturated carbocycles. The minimum Gasteiger partial charge on any atom is -0.486 e. The Labute approximate surface area is 182 Å². The lowest BCUT2D eigenvalue weighted by Crippen LogP contribution is -2.34. The van der Waals surface area contributed by atoms with E-state index in [0.29, 0.717) is 31.3 Å². The van der Waals surface area contributed by atoms with Crippen LogP contribution in [0.4, 0.5) is 13.2 Å². The summed E-state index contributed by atoms with van der Waals surface area (Å²) in [7, 11) is 0. The van der Waals surface area contributed by atoms with Gasteiger partial charge in [-0.3, -0.25) is 9.59 Å². The van der Waals surface area contributed by atoms with Crippen molar-refractivity contribution in [2.24, 2.45) is 0 Å². The number of carbonyl (C=O) groups excluding carboxylic acids is 2. The van der Waals surface area contributed by atoms with Crippen LogP contribution in [0.3, 0.4) is 0 Å². The van der Waals surface area contributed by atoms with Crippen LogP contribution in [0.5, 0.6) is 11.5 Å². The first-order valence-electron chi connectivity index (χ1n) is 10.3. The SMILES string of the molecule is O=C(Cc1cccc(C(F)(F)F)c1)OCC(=O)N1CCCC1c1ccc2c(c1)OCCO2. The molecule has 0 bridgehead atoms.